The number of esters is 1. The molecule has 0 spiro atoms. The van der Waals surface area contributed by atoms with Gasteiger partial charge in [0, 0.05) is 24.1 Å². The van der Waals surface area contributed by atoms with Gasteiger partial charge in [0.25, 0.3) is 5.91 Å². The van der Waals surface area contributed by atoms with Gasteiger partial charge in [0.1, 0.15) is 0 Å². The Hall–Kier alpha value is -2.40. The molecule has 0 heterocycles. The Bertz CT molecular complexity index is 830. The minimum Gasteiger partial charge on any atom is -0.452 e. The Morgan fingerprint density at radius 1 is 1.15 bits per heavy atom. The van der Waals surface area contributed by atoms with Crippen LogP contribution in [-0.4, -0.2) is 30.4 Å². The third-order valence-electron chi connectivity index (χ3n) is 3.93. The molecule has 0 fully saturated rings. The molecule has 2 aromatic carbocycles. The van der Waals surface area contributed by atoms with Crippen LogP contribution in [0.3, 0.4) is 0 Å². The molecule has 5 heteroatoms. The lowest BCUT2D eigenvalue weighted by Crippen LogP contribution is -2.30. The van der Waals surface area contributed by atoms with Crippen molar-refractivity contribution < 1.29 is 14.3 Å². The quantitative estimate of drug-likeness (QED) is 0.522. The number of nitrogens with zero attached hydrogens (tertiary/aromatic N) is 1. The average molecular weight is 416 g/mol. The molecule has 2 aromatic rings. The van der Waals surface area contributed by atoms with E-state index in [9.17, 15) is 9.59 Å². The van der Waals surface area contributed by atoms with Crippen molar-refractivity contribution in [2.75, 3.05) is 13.7 Å². The summed E-state index contributed by atoms with van der Waals surface area (Å²) in [5.74, 6) is -0.785. The van der Waals surface area contributed by atoms with E-state index in [0.29, 0.717) is 6.54 Å². The van der Waals surface area contributed by atoms with E-state index < -0.39 is 5.97 Å². The molecule has 0 aliphatic carbocycles. The minimum absolute atomic E-state index is 0.241. The van der Waals surface area contributed by atoms with Gasteiger partial charge in [-0.1, -0.05) is 51.8 Å². The fraction of sp³-hybridized carbons (Fsp3) is 0.238. The van der Waals surface area contributed by atoms with Crippen molar-refractivity contribution in [1.29, 1.82) is 0 Å². The SMILES string of the molecule is Cc1ccc(CN(C)C(=O)COC(=O)/C=C/c2cccc(Br)c2)c(C)c1. The van der Waals surface area contributed by atoms with Gasteiger partial charge >= 0.3 is 5.97 Å². The zero-order valence-electron chi connectivity index (χ0n) is 15.2. The van der Waals surface area contributed by atoms with E-state index in [1.54, 1.807) is 18.0 Å². The monoisotopic (exact) mass is 415 g/mol. The highest BCUT2D eigenvalue weighted by molar-refractivity contribution is 9.10. The number of benzene rings is 2. The van der Waals surface area contributed by atoms with Crippen LogP contribution in [-0.2, 0) is 20.9 Å². The van der Waals surface area contributed by atoms with Crippen LogP contribution in [0.15, 0.2) is 53.0 Å². The van der Waals surface area contributed by atoms with Gasteiger partial charge in [0.05, 0.1) is 0 Å². The van der Waals surface area contributed by atoms with Crippen LogP contribution in [0, 0.1) is 13.8 Å². The summed E-state index contributed by atoms with van der Waals surface area (Å²) in [5.41, 5.74) is 4.27. The molecule has 136 valence electrons. The number of halogens is 1. The van der Waals surface area contributed by atoms with Gasteiger partial charge in [0.15, 0.2) is 6.61 Å². The molecule has 0 aliphatic rings. The van der Waals surface area contributed by atoms with Crippen LogP contribution in [0.4, 0.5) is 0 Å². The molecule has 0 aromatic heterocycles. The summed E-state index contributed by atoms with van der Waals surface area (Å²) in [6.07, 6.45) is 2.97. The summed E-state index contributed by atoms with van der Waals surface area (Å²) < 4.78 is 5.96. The highest BCUT2D eigenvalue weighted by Crippen LogP contribution is 2.13. The van der Waals surface area contributed by atoms with Crippen molar-refractivity contribution >= 4 is 33.9 Å². The Kier molecular flexibility index (Phi) is 7.16. The summed E-state index contributed by atoms with van der Waals surface area (Å²) in [4.78, 5) is 25.5. The fourth-order valence-electron chi connectivity index (χ4n) is 2.43. The maximum atomic E-state index is 12.2. The summed E-state index contributed by atoms with van der Waals surface area (Å²) in [6.45, 7) is 4.26. The average Bonchev–Trinajstić information content (AvgIpc) is 2.60. The zero-order chi connectivity index (χ0) is 19.1. The molecular formula is C21H22BrNO3. The summed E-state index contributed by atoms with van der Waals surface area (Å²) in [6, 6.07) is 13.7. The first kappa shape index (κ1) is 19.9. The van der Waals surface area contributed by atoms with Crippen molar-refractivity contribution in [3.8, 4) is 0 Å². The molecule has 0 aliphatic heterocycles. The Balaban J connectivity index is 1.84. The van der Waals surface area contributed by atoms with Crippen molar-refractivity contribution in [1.82, 2.24) is 4.90 Å². The Labute approximate surface area is 162 Å². The van der Waals surface area contributed by atoms with Crippen LogP contribution in [0.25, 0.3) is 6.08 Å². The van der Waals surface area contributed by atoms with Gasteiger partial charge in [-0.3, -0.25) is 4.79 Å². The lowest BCUT2D eigenvalue weighted by Gasteiger charge is -2.18. The molecule has 1 amide bonds. The fourth-order valence-corrected chi connectivity index (χ4v) is 2.85. The normalized spacial score (nSPS) is 10.8. The molecule has 0 atom stereocenters. The second kappa shape index (κ2) is 9.34. The molecule has 26 heavy (non-hydrogen) atoms. The van der Waals surface area contributed by atoms with Crippen LogP contribution in [0.2, 0.25) is 0 Å². The number of carbonyl (C=O) groups excluding carboxylic acids is 2. The zero-order valence-corrected chi connectivity index (χ0v) is 16.7. The number of hydrogen-bond donors (Lipinski definition) is 0. The lowest BCUT2D eigenvalue weighted by atomic mass is 10.1. The van der Waals surface area contributed by atoms with E-state index in [0.717, 1.165) is 21.2 Å². The Morgan fingerprint density at radius 2 is 1.92 bits per heavy atom. The van der Waals surface area contributed by atoms with E-state index >= 15 is 0 Å². The maximum Gasteiger partial charge on any atom is 0.331 e. The van der Waals surface area contributed by atoms with E-state index in [1.165, 1.54) is 11.6 Å². The second-order valence-corrected chi connectivity index (χ2v) is 7.09. The molecule has 2 rings (SSSR count). The smallest absolute Gasteiger partial charge is 0.331 e. The van der Waals surface area contributed by atoms with E-state index in [1.807, 2.05) is 50.2 Å². The van der Waals surface area contributed by atoms with Crippen LogP contribution < -0.4 is 0 Å². The number of ether oxygens (including phenoxy) is 1. The Morgan fingerprint density at radius 3 is 2.62 bits per heavy atom. The van der Waals surface area contributed by atoms with E-state index in [-0.39, 0.29) is 12.5 Å². The third-order valence-corrected chi connectivity index (χ3v) is 4.42. The number of likely N-dealkylation sites (N-methyl/N-ethyl adjacent to an activating group) is 1. The van der Waals surface area contributed by atoms with Crippen molar-refractivity contribution in [3.63, 3.8) is 0 Å². The number of rotatable bonds is 6. The molecule has 0 bridgehead atoms. The predicted molar refractivity (Wildman–Crippen MR) is 107 cm³/mol. The number of amides is 1. The van der Waals surface area contributed by atoms with Gasteiger partial charge in [-0.25, -0.2) is 4.79 Å². The lowest BCUT2D eigenvalue weighted by molar-refractivity contribution is -0.147. The van der Waals surface area contributed by atoms with Gasteiger partial charge in [-0.15, -0.1) is 0 Å². The molecule has 0 saturated heterocycles. The second-order valence-electron chi connectivity index (χ2n) is 6.18. The van der Waals surface area contributed by atoms with Crippen molar-refractivity contribution in [3.05, 3.63) is 75.3 Å². The molecule has 4 nitrogen and oxygen atoms in total. The van der Waals surface area contributed by atoms with Gasteiger partial charge in [-0.05, 0) is 48.7 Å². The van der Waals surface area contributed by atoms with E-state index in [2.05, 4.69) is 22.0 Å². The summed E-state index contributed by atoms with van der Waals surface area (Å²) in [7, 11) is 1.70. The topological polar surface area (TPSA) is 46.6 Å². The predicted octanol–water partition coefficient (Wildman–Crippen LogP) is 4.28. The first-order valence-corrected chi connectivity index (χ1v) is 9.05. The number of aryl methyl sites for hydroxylation is 2. The number of carbonyl (C=O) groups is 2. The van der Waals surface area contributed by atoms with Gasteiger partial charge in [-0.2, -0.15) is 0 Å². The molecule has 0 unspecified atom stereocenters. The summed E-state index contributed by atoms with van der Waals surface area (Å²) in [5, 5.41) is 0. The molecule has 0 radical (unpaired) electrons. The van der Waals surface area contributed by atoms with Gasteiger partial charge in [0.2, 0.25) is 0 Å². The molecular weight excluding hydrogens is 394 g/mol. The van der Waals surface area contributed by atoms with E-state index in [4.69, 9.17) is 4.74 Å². The maximum absolute atomic E-state index is 12.2. The highest BCUT2D eigenvalue weighted by atomic mass is 79.9. The van der Waals surface area contributed by atoms with Crippen molar-refractivity contribution in [2.45, 2.75) is 20.4 Å². The molecule has 0 saturated carbocycles. The first-order chi connectivity index (χ1) is 12.3. The van der Waals surface area contributed by atoms with Crippen LogP contribution in [0.5, 0.6) is 0 Å². The minimum atomic E-state index is -0.543. The first-order valence-electron chi connectivity index (χ1n) is 8.25. The summed E-state index contributed by atoms with van der Waals surface area (Å²) >= 11 is 3.37. The van der Waals surface area contributed by atoms with Crippen molar-refractivity contribution in [2.24, 2.45) is 0 Å². The standard InChI is InChI=1S/C21H22BrNO3/c1-15-7-9-18(16(2)11-15)13-23(3)20(24)14-26-21(25)10-8-17-5-4-6-19(22)12-17/h4-12H,13-14H2,1-3H3/b10-8+. The highest BCUT2D eigenvalue weighted by Gasteiger charge is 2.12. The van der Waals surface area contributed by atoms with Gasteiger partial charge < -0.3 is 9.64 Å². The van der Waals surface area contributed by atoms with Crippen LogP contribution in [0.1, 0.15) is 22.3 Å². The molecule has 0 N–H and O–H groups in total. The number of hydrogen-bond acceptors (Lipinski definition) is 3. The largest absolute Gasteiger partial charge is 0.452 e. The van der Waals surface area contributed by atoms with Crippen LogP contribution >= 0.6 is 15.9 Å². The third kappa shape index (κ3) is 6.15.